The second-order valence-corrected chi connectivity index (χ2v) is 7.68. The van der Waals surface area contributed by atoms with Crippen molar-refractivity contribution in [1.82, 2.24) is 5.43 Å². The summed E-state index contributed by atoms with van der Waals surface area (Å²) in [5, 5.41) is 9.18. The summed E-state index contributed by atoms with van der Waals surface area (Å²) >= 11 is 11.9. The van der Waals surface area contributed by atoms with Crippen LogP contribution in [0, 0.1) is 0 Å². The van der Waals surface area contributed by atoms with E-state index in [2.05, 4.69) is 21.2 Å². The second-order valence-electron chi connectivity index (χ2n) is 6.89. The molecule has 0 aliphatic heterocycles. The lowest BCUT2D eigenvalue weighted by Gasteiger charge is -2.08. The third-order valence-corrected chi connectivity index (χ3v) is 5.21. The van der Waals surface area contributed by atoms with Crippen LogP contribution in [0.2, 0.25) is 10.0 Å². The van der Waals surface area contributed by atoms with Crippen molar-refractivity contribution in [2.75, 3.05) is 24.4 Å². The Balaban J connectivity index is 1.48. The maximum atomic E-state index is 12.1. The highest BCUT2D eigenvalue weighted by atomic mass is 35.5. The zero-order chi connectivity index (χ0) is 25.2. The maximum absolute atomic E-state index is 12.1. The molecule has 11 heteroatoms. The summed E-state index contributed by atoms with van der Waals surface area (Å²) in [6, 6.07) is 18.2. The van der Waals surface area contributed by atoms with Gasteiger partial charge in [-0.2, -0.15) is 5.10 Å². The Morgan fingerprint density at radius 2 is 1.66 bits per heavy atom. The molecular weight excluding hydrogens is 495 g/mol. The standard InChI is InChI=1S/C24H20Cl2N4O5/c1-34-17-10-8-16(9-11-17)28-21(31)14-35-18-5-2-4-15(12-18)13-27-30-24(33)23(32)29-20-7-3-6-19(25)22(20)26/h2-13H,14H2,1H3,(H,28,31)(H,29,32)(H,30,33)/b27-13-. The van der Waals surface area contributed by atoms with E-state index in [1.54, 1.807) is 67.8 Å². The SMILES string of the molecule is COc1ccc(NC(=O)COc2cccc(/C=N\NC(=O)C(=O)Nc3cccc(Cl)c3Cl)c2)cc1. The van der Waals surface area contributed by atoms with Crippen LogP contribution in [0.4, 0.5) is 11.4 Å². The van der Waals surface area contributed by atoms with Gasteiger partial charge in [-0.05, 0) is 54.1 Å². The van der Waals surface area contributed by atoms with Gasteiger partial charge in [-0.25, -0.2) is 5.43 Å². The van der Waals surface area contributed by atoms with Gasteiger partial charge in [0.15, 0.2) is 6.61 Å². The van der Waals surface area contributed by atoms with Crippen LogP contribution in [0.5, 0.6) is 11.5 Å². The number of rotatable bonds is 8. The van der Waals surface area contributed by atoms with E-state index >= 15 is 0 Å². The Hall–Kier alpha value is -4.08. The summed E-state index contributed by atoms with van der Waals surface area (Å²) in [6.07, 6.45) is 1.32. The Morgan fingerprint density at radius 3 is 2.40 bits per heavy atom. The fourth-order valence-corrected chi connectivity index (χ4v) is 3.05. The van der Waals surface area contributed by atoms with Crippen molar-refractivity contribution in [3.63, 3.8) is 0 Å². The van der Waals surface area contributed by atoms with E-state index in [9.17, 15) is 14.4 Å². The minimum Gasteiger partial charge on any atom is -0.497 e. The van der Waals surface area contributed by atoms with E-state index in [4.69, 9.17) is 32.7 Å². The molecule has 0 bridgehead atoms. The molecule has 9 nitrogen and oxygen atoms in total. The molecule has 0 heterocycles. The number of hydrogen-bond acceptors (Lipinski definition) is 6. The van der Waals surface area contributed by atoms with Crippen LogP contribution in [-0.4, -0.2) is 37.7 Å². The normalized spacial score (nSPS) is 10.5. The Morgan fingerprint density at radius 1 is 0.914 bits per heavy atom. The van der Waals surface area contributed by atoms with Crippen LogP contribution >= 0.6 is 23.2 Å². The van der Waals surface area contributed by atoms with Crippen LogP contribution in [0.3, 0.4) is 0 Å². The summed E-state index contributed by atoms with van der Waals surface area (Å²) in [4.78, 5) is 36.1. The van der Waals surface area contributed by atoms with Gasteiger partial charge in [0.05, 0.1) is 29.1 Å². The van der Waals surface area contributed by atoms with Gasteiger partial charge < -0.3 is 20.1 Å². The fourth-order valence-electron chi connectivity index (χ4n) is 2.70. The van der Waals surface area contributed by atoms with Crippen LogP contribution < -0.4 is 25.5 Å². The molecule has 3 N–H and O–H groups in total. The number of ether oxygens (including phenoxy) is 2. The second kappa shape index (κ2) is 12.4. The lowest BCUT2D eigenvalue weighted by Crippen LogP contribution is -2.32. The smallest absolute Gasteiger partial charge is 0.329 e. The highest BCUT2D eigenvalue weighted by Gasteiger charge is 2.15. The van der Waals surface area contributed by atoms with Gasteiger partial charge in [-0.15, -0.1) is 0 Å². The number of anilines is 2. The number of nitrogens with one attached hydrogen (secondary N) is 3. The van der Waals surface area contributed by atoms with Crippen molar-refractivity contribution >= 4 is 58.5 Å². The predicted octanol–water partition coefficient (Wildman–Crippen LogP) is 4.11. The van der Waals surface area contributed by atoms with Crippen molar-refractivity contribution in [1.29, 1.82) is 0 Å². The zero-order valence-corrected chi connectivity index (χ0v) is 19.9. The topological polar surface area (TPSA) is 118 Å². The first kappa shape index (κ1) is 25.5. The van der Waals surface area contributed by atoms with Gasteiger partial charge in [-0.3, -0.25) is 14.4 Å². The summed E-state index contributed by atoms with van der Waals surface area (Å²) in [5.74, 6) is -1.21. The average molecular weight is 515 g/mol. The van der Waals surface area contributed by atoms with Crippen LogP contribution in [0.15, 0.2) is 71.8 Å². The zero-order valence-electron chi connectivity index (χ0n) is 18.4. The minimum atomic E-state index is -1.00. The molecule has 35 heavy (non-hydrogen) atoms. The lowest BCUT2D eigenvalue weighted by atomic mass is 10.2. The molecule has 0 unspecified atom stereocenters. The molecule has 0 spiro atoms. The molecule has 0 saturated carbocycles. The third-order valence-electron chi connectivity index (χ3n) is 4.39. The number of carbonyl (C=O) groups is 3. The first-order valence-electron chi connectivity index (χ1n) is 10.1. The molecule has 0 radical (unpaired) electrons. The predicted molar refractivity (Wildman–Crippen MR) is 134 cm³/mol. The van der Waals surface area contributed by atoms with Crippen LogP contribution in [-0.2, 0) is 14.4 Å². The van der Waals surface area contributed by atoms with E-state index in [0.717, 1.165) is 0 Å². The first-order valence-corrected chi connectivity index (χ1v) is 10.9. The largest absolute Gasteiger partial charge is 0.497 e. The van der Waals surface area contributed by atoms with Crippen molar-refractivity contribution < 1.29 is 23.9 Å². The Kier molecular flexibility index (Phi) is 9.05. The minimum absolute atomic E-state index is 0.119. The molecule has 180 valence electrons. The summed E-state index contributed by atoms with van der Waals surface area (Å²) in [6.45, 7) is -0.213. The molecule has 0 aliphatic carbocycles. The number of methoxy groups -OCH3 is 1. The summed E-state index contributed by atoms with van der Waals surface area (Å²) < 4.78 is 10.6. The van der Waals surface area contributed by atoms with E-state index in [-0.39, 0.29) is 28.2 Å². The first-order chi connectivity index (χ1) is 16.9. The molecule has 3 rings (SSSR count). The third kappa shape index (κ3) is 7.73. The number of hydrazone groups is 1. The van der Waals surface area contributed by atoms with Crippen molar-refractivity contribution in [2.24, 2.45) is 5.10 Å². The van der Waals surface area contributed by atoms with E-state index in [1.165, 1.54) is 12.3 Å². The Bertz CT molecular complexity index is 1250. The van der Waals surface area contributed by atoms with E-state index < -0.39 is 11.8 Å². The van der Waals surface area contributed by atoms with Gasteiger partial charge in [0.25, 0.3) is 5.91 Å². The van der Waals surface area contributed by atoms with Gasteiger partial charge in [0.1, 0.15) is 11.5 Å². The fraction of sp³-hybridized carbons (Fsp3) is 0.0833. The van der Waals surface area contributed by atoms with Crippen LogP contribution in [0.25, 0.3) is 0 Å². The molecule has 3 amide bonds. The molecule has 0 aromatic heterocycles. The molecule has 3 aromatic rings. The monoisotopic (exact) mass is 514 g/mol. The van der Waals surface area contributed by atoms with Gasteiger partial charge in [-0.1, -0.05) is 41.4 Å². The molecule has 0 atom stereocenters. The number of amides is 3. The number of benzene rings is 3. The average Bonchev–Trinajstić information content (AvgIpc) is 2.86. The highest BCUT2D eigenvalue weighted by Crippen LogP contribution is 2.29. The summed E-state index contributed by atoms with van der Waals surface area (Å²) in [7, 11) is 1.56. The van der Waals surface area contributed by atoms with E-state index in [1.807, 2.05) is 0 Å². The van der Waals surface area contributed by atoms with Gasteiger partial charge in [0, 0.05) is 5.69 Å². The number of hydrogen-bond donors (Lipinski definition) is 3. The van der Waals surface area contributed by atoms with Crippen molar-refractivity contribution in [3.05, 3.63) is 82.3 Å². The Labute approximate surface area is 211 Å². The number of carbonyl (C=O) groups excluding carboxylic acids is 3. The maximum Gasteiger partial charge on any atom is 0.329 e. The van der Waals surface area contributed by atoms with Crippen molar-refractivity contribution in [2.45, 2.75) is 0 Å². The lowest BCUT2D eigenvalue weighted by molar-refractivity contribution is -0.136. The molecule has 0 aliphatic rings. The number of nitrogens with zero attached hydrogens (tertiary/aromatic N) is 1. The molecule has 0 fully saturated rings. The highest BCUT2D eigenvalue weighted by molar-refractivity contribution is 6.45. The number of halogens is 2. The van der Waals surface area contributed by atoms with Gasteiger partial charge >= 0.3 is 11.8 Å². The summed E-state index contributed by atoms with van der Waals surface area (Å²) in [5.41, 5.74) is 3.49. The quantitative estimate of drug-likeness (QED) is 0.237. The van der Waals surface area contributed by atoms with Crippen molar-refractivity contribution in [3.8, 4) is 11.5 Å². The van der Waals surface area contributed by atoms with E-state index in [0.29, 0.717) is 22.7 Å². The van der Waals surface area contributed by atoms with Gasteiger partial charge in [0.2, 0.25) is 0 Å². The van der Waals surface area contributed by atoms with Crippen LogP contribution in [0.1, 0.15) is 5.56 Å². The molecular formula is C24H20Cl2N4O5. The molecule has 0 saturated heterocycles. The molecule has 3 aromatic carbocycles.